The summed E-state index contributed by atoms with van der Waals surface area (Å²) >= 11 is 0. The summed E-state index contributed by atoms with van der Waals surface area (Å²) in [6, 6.07) is 13.4. The molecule has 0 amide bonds. The Bertz CT molecular complexity index is 624. The molecule has 0 radical (unpaired) electrons. The first-order valence-corrected chi connectivity index (χ1v) is 8.11. The fourth-order valence-electron chi connectivity index (χ4n) is 2.91. The smallest absolute Gasteiger partial charge is 0.123 e. The molecular weight excluding hydrogens is 293 g/mol. The highest BCUT2D eigenvalue weighted by Crippen LogP contribution is 2.24. The van der Waals surface area contributed by atoms with E-state index in [1.165, 1.54) is 38.1 Å². The summed E-state index contributed by atoms with van der Waals surface area (Å²) in [5.74, 6) is 0.447. The Labute approximate surface area is 136 Å². The quantitative estimate of drug-likeness (QED) is 0.887. The lowest BCUT2D eigenvalue weighted by atomic mass is 10.0. The third kappa shape index (κ3) is 4.30. The van der Waals surface area contributed by atoms with Gasteiger partial charge in [0.05, 0.1) is 0 Å². The minimum Gasteiger partial charge on any atom is -0.492 e. The van der Waals surface area contributed by atoms with E-state index in [0.717, 1.165) is 17.9 Å². The zero-order chi connectivity index (χ0) is 16.1. The number of likely N-dealkylation sites (tertiary alicyclic amines) is 1. The molecule has 122 valence electrons. The van der Waals surface area contributed by atoms with Gasteiger partial charge in [-0.25, -0.2) is 4.39 Å². The van der Waals surface area contributed by atoms with Crippen molar-refractivity contribution >= 4 is 0 Å². The molecular formula is C19H22FNO2. The number of hydrogen-bond donors (Lipinski definition) is 1. The lowest BCUT2D eigenvalue weighted by molar-refractivity contribution is 0.219. The predicted molar refractivity (Wildman–Crippen MR) is 88.1 cm³/mol. The average molecular weight is 315 g/mol. The van der Waals surface area contributed by atoms with E-state index in [0.29, 0.717) is 12.2 Å². The highest BCUT2D eigenvalue weighted by molar-refractivity contribution is 5.34. The second-order valence-electron chi connectivity index (χ2n) is 5.92. The monoisotopic (exact) mass is 315 g/mol. The third-order valence-corrected chi connectivity index (χ3v) is 4.24. The van der Waals surface area contributed by atoms with Gasteiger partial charge in [-0.2, -0.15) is 0 Å². The molecule has 3 rings (SSSR count). The lowest BCUT2D eigenvalue weighted by Crippen LogP contribution is -2.25. The van der Waals surface area contributed by atoms with E-state index in [-0.39, 0.29) is 5.82 Å². The second-order valence-corrected chi connectivity index (χ2v) is 5.92. The van der Waals surface area contributed by atoms with Crippen LogP contribution < -0.4 is 4.74 Å². The average Bonchev–Trinajstić information content (AvgIpc) is 3.08. The summed E-state index contributed by atoms with van der Waals surface area (Å²) < 4.78 is 19.0. The molecule has 1 atom stereocenters. The number of aliphatic hydroxyl groups excluding tert-OH is 1. The van der Waals surface area contributed by atoms with Crippen LogP contribution in [-0.2, 0) is 0 Å². The highest BCUT2D eigenvalue weighted by atomic mass is 19.1. The molecule has 1 unspecified atom stereocenters. The molecule has 3 nitrogen and oxygen atoms in total. The van der Waals surface area contributed by atoms with Gasteiger partial charge in [-0.3, -0.25) is 4.90 Å². The second kappa shape index (κ2) is 7.57. The van der Waals surface area contributed by atoms with Gasteiger partial charge in [0.1, 0.15) is 24.3 Å². The SMILES string of the molecule is OC(c1ccc(OCCN2CCCC2)cc1)c1cccc(F)c1. The number of ether oxygens (including phenoxy) is 1. The number of halogens is 1. The molecule has 0 saturated carbocycles. The van der Waals surface area contributed by atoms with Crippen LogP contribution in [0.25, 0.3) is 0 Å². The maximum absolute atomic E-state index is 13.2. The summed E-state index contributed by atoms with van der Waals surface area (Å²) in [5, 5.41) is 10.3. The lowest BCUT2D eigenvalue weighted by Gasteiger charge is -2.15. The molecule has 1 aliphatic rings. The van der Waals surface area contributed by atoms with Gasteiger partial charge in [0.15, 0.2) is 0 Å². The minimum absolute atomic E-state index is 0.344. The summed E-state index contributed by atoms with van der Waals surface area (Å²) in [6.07, 6.45) is 1.74. The normalized spacial score (nSPS) is 16.4. The molecule has 1 aliphatic heterocycles. The van der Waals surface area contributed by atoms with Gasteiger partial charge in [0, 0.05) is 6.54 Å². The first-order valence-electron chi connectivity index (χ1n) is 8.11. The first kappa shape index (κ1) is 16.0. The molecule has 2 aromatic carbocycles. The van der Waals surface area contributed by atoms with Crippen LogP contribution in [0.15, 0.2) is 48.5 Å². The maximum Gasteiger partial charge on any atom is 0.123 e. The van der Waals surface area contributed by atoms with Crippen LogP contribution in [0, 0.1) is 5.82 Å². The molecule has 1 heterocycles. The molecule has 4 heteroatoms. The van der Waals surface area contributed by atoms with Gasteiger partial charge in [0.25, 0.3) is 0 Å². The molecule has 1 N–H and O–H groups in total. The zero-order valence-corrected chi connectivity index (χ0v) is 13.1. The fraction of sp³-hybridized carbons (Fsp3) is 0.368. The molecule has 0 spiro atoms. The van der Waals surface area contributed by atoms with Crippen molar-refractivity contribution in [2.45, 2.75) is 18.9 Å². The molecule has 0 aromatic heterocycles. The van der Waals surface area contributed by atoms with Crippen molar-refractivity contribution in [3.63, 3.8) is 0 Å². The van der Waals surface area contributed by atoms with Crippen LogP contribution in [0.3, 0.4) is 0 Å². The number of hydrogen-bond acceptors (Lipinski definition) is 3. The molecule has 23 heavy (non-hydrogen) atoms. The topological polar surface area (TPSA) is 32.7 Å². The van der Waals surface area contributed by atoms with Crippen LogP contribution in [0.1, 0.15) is 30.1 Å². The molecule has 2 aromatic rings. The van der Waals surface area contributed by atoms with E-state index in [9.17, 15) is 9.50 Å². The largest absolute Gasteiger partial charge is 0.492 e. The van der Waals surface area contributed by atoms with Gasteiger partial charge >= 0.3 is 0 Å². The first-order chi connectivity index (χ1) is 11.2. The fourth-order valence-corrected chi connectivity index (χ4v) is 2.91. The Kier molecular flexibility index (Phi) is 5.26. The van der Waals surface area contributed by atoms with Crippen LogP contribution in [-0.4, -0.2) is 36.2 Å². The van der Waals surface area contributed by atoms with Crippen LogP contribution in [0.2, 0.25) is 0 Å². The Morgan fingerprint density at radius 3 is 2.48 bits per heavy atom. The molecule has 1 fully saturated rings. The van der Waals surface area contributed by atoms with E-state index in [2.05, 4.69) is 4.90 Å². The van der Waals surface area contributed by atoms with Crippen LogP contribution in [0.4, 0.5) is 4.39 Å². The van der Waals surface area contributed by atoms with Crippen molar-refractivity contribution in [1.82, 2.24) is 4.90 Å². The number of rotatable bonds is 6. The summed E-state index contributed by atoms with van der Waals surface area (Å²) in [7, 11) is 0. The van der Waals surface area contributed by atoms with Gasteiger partial charge in [-0.15, -0.1) is 0 Å². The number of nitrogens with zero attached hydrogens (tertiary/aromatic N) is 1. The predicted octanol–water partition coefficient (Wildman–Crippen LogP) is 3.38. The van der Waals surface area contributed by atoms with Gasteiger partial charge in [-0.1, -0.05) is 24.3 Å². The minimum atomic E-state index is -0.829. The van der Waals surface area contributed by atoms with Gasteiger partial charge < -0.3 is 9.84 Å². The number of aliphatic hydroxyl groups is 1. The van der Waals surface area contributed by atoms with Gasteiger partial charge in [0.2, 0.25) is 0 Å². The Morgan fingerprint density at radius 2 is 1.78 bits per heavy atom. The standard InChI is InChI=1S/C19H22FNO2/c20-17-5-3-4-16(14-17)19(22)15-6-8-18(9-7-15)23-13-12-21-10-1-2-11-21/h3-9,14,19,22H,1-2,10-13H2. The zero-order valence-electron chi connectivity index (χ0n) is 13.1. The Balaban J connectivity index is 1.55. The van der Waals surface area contributed by atoms with Crippen molar-refractivity contribution in [3.8, 4) is 5.75 Å². The van der Waals surface area contributed by atoms with Crippen LogP contribution >= 0.6 is 0 Å². The number of benzene rings is 2. The maximum atomic E-state index is 13.2. The Morgan fingerprint density at radius 1 is 1.04 bits per heavy atom. The van der Waals surface area contributed by atoms with E-state index in [1.54, 1.807) is 12.1 Å². The van der Waals surface area contributed by atoms with Gasteiger partial charge in [-0.05, 0) is 61.3 Å². The molecule has 0 bridgehead atoms. The van der Waals surface area contributed by atoms with Crippen molar-refractivity contribution in [2.75, 3.05) is 26.2 Å². The van der Waals surface area contributed by atoms with E-state index >= 15 is 0 Å². The summed E-state index contributed by atoms with van der Waals surface area (Å²) in [6.45, 7) is 3.96. The van der Waals surface area contributed by atoms with E-state index in [4.69, 9.17) is 4.74 Å². The van der Waals surface area contributed by atoms with E-state index < -0.39 is 6.10 Å². The summed E-state index contributed by atoms with van der Waals surface area (Å²) in [5.41, 5.74) is 1.27. The van der Waals surface area contributed by atoms with Crippen LogP contribution in [0.5, 0.6) is 5.75 Å². The van der Waals surface area contributed by atoms with Crippen molar-refractivity contribution < 1.29 is 14.2 Å². The van der Waals surface area contributed by atoms with Crippen molar-refractivity contribution in [3.05, 3.63) is 65.5 Å². The summed E-state index contributed by atoms with van der Waals surface area (Å²) in [4.78, 5) is 2.40. The third-order valence-electron chi connectivity index (χ3n) is 4.24. The molecule has 0 aliphatic carbocycles. The van der Waals surface area contributed by atoms with Crippen molar-refractivity contribution in [2.24, 2.45) is 0 Å². The van der Waals surface area contributed by atoms with E-state index in [1.807, 2.05) is 24.3 Å². The van der Waals surface area contributed by atoms with Crippen molar-refractivity contribution in [1.29, 1.82) is 0 Å². The Hall–Kier alpha value is -1.91. The highest BCUT2D eigenvalue weighted by Gasteiger charge is 2.12. The molecule has 1 saturated heterocycles.